The van der Waals surface area contributed by atoms with E-state index in [1.165, 1.54) is 0 Å². The van der Waals surface area contributed by atoms with Crippen molar-refractivity contribution in [3.8, 4) is 0 Å². The van der Waals surface area contributed by atoms with Crippen molar-refractivity contribution in [3.05, 3.63) is 0 Å². The molecule has 0 aromatic heterocycles. The number of likely N-dealkylation sites (N-methyl/N-ethyl adjacent to an activating group) is 1. The lowest BCUT2D eigenvalue weighted by Gasteiger charge is -2.24. The van der Waals surface area contributed by atoms with Gasteiger partial charge in [0.25, 0.3) is 0 Å². The average molecular weight is 345 g/mol. The molecule has 1 unspecified atom stereocenters. The number of carbonyl (C=O) groups is 3. The first-order valence-corrected chi connectivity index (χ1v) is 7.98. The molecule has 8 nitrogen and oxygen atoms in total. The molecule has 0 aromatic rings. The quantitative estimate of drug-likeness (QED) is 0.468. The van der Waals surface area contributed by atoms with Gasteiger partial charge in [0.15, 0.2) is 0 Å². The number of rotatable bonds is 7. The second-order valence-electron chi connectivity index (χ2n) is 7.38. The molecule has 0 saturated carbocycles. The van der Waals surface area contributed by atoms with Gasteiger partial charge in [-0.15, -0.1) is 0 Å². The summed E-state index contributed by atoms with van der Waals surface area (Å²) in [6.45, 7) is 11.3. The summed E-state index contributed by atoms with van der Waals surface area (Å²) in [5.74, 6) is -1.05. The molecule has 8 heteroatoms. The number of ether oxygens (including phenoxy) is 2. The summed E-state index contributed by atoms with van der Waals surface area (Å²) in [5, 5.41) is 7.95. The Morgan fingerprint density at radius 1 is 0.917 bits per heavy atom. The Labute approximate surface area is 144 Å². The average Bonchev–Trinajstić information content (AvgIpc) is 2.33. The van der Waals surface area contributed by atoms with E-state index in [0.29, 0.717) is 13.1 Å². The van der Waals surface area contributed by atoms with Gasteiger partial charge in [0, 0.05) is 13.1 Å². The highest BCUT2D eigenvalue weighted by molar-refractivity contribution is 5.89. The summed E-state index contributed by atoms with van der Waals surface area (Å²) in [5.41, 5.74) is -1.38. The minimum atomic E-state index is -1.06. The van der Waals surface area contributed by atoms with E-state index in [-0.39, 0.29) is 6.42 Å². The van der Waals surface area contributed by atoms with E-state index in [2.05, 4.69) is 16.0 Å². The van der Waals surface area contributed by atoms with E-state index in [1.807, 2.05) is 0 Å². The maximum atomic E-state index is 12.2. The molecule has 0 aliphatic rings. The minimum absolute atomic E-state index is 0.276. The van der Waals surface area contributed by atoms with Crippen LogP contribution in [0.1, 0.15) is 48.0 Å². The molecule has 0 fully saturated rings. The van der Waals surface area contributed by atoms with Crippen molar-refractivity contribution in [2.45, 2.75) is 65.2 Å². The molecule has 0 aliphatic heterocycles. The third kappa shape index (κ3) is 11.7. The number of nitrogens with one attached hydrogen (secondary N) is 3. The standard InChI is InChI=1S/C16H31N3O5/c1-15(2,3)23-12(20)10-11(13(21)18-9-8-17-7)19-14(22)24-16(4,5)6/h11,17H,8-10H2,1-7H3,(H,18,21)(H,19,22). The van der Waals surface area contributed by atoms with Crippen molar-refractivity contribution in [2.24, 2.45) is 0 Å². The Bertz CT molecular complexity index is 408. The molecular weight excluding hydrogens is 314 g/mol. The van der Waals surface area contributed by atoms with Crippen LogP contribution in [0.15, 0.2) is 0 Å². The van der Waals surface area contributed by atoms with Crippen molar-refractivity contribution < 1.29 is 23.9 Å². The van der Waals surface area contributed by atoms with Crippen LogP contribution in [0.3, 0.4) is 0 Å². The number of amides is 2. The molecule has 140 valence electrons. The first-order chi connectivity index (χ1) is 10.8. The van der Waals surface area contributed by atoms with E-state index in [1.54, 1.807) is 48.6 Å². The molecule has 0 spiro atoms. The smallest absolute Gasteiger partial charge is 0.408 e. The van der Waals surface area contributed by atoms with Crippen LogP contribution < -0.4 is 16.0 Å². The highest BCUT2D eigenvalue weighted by Gasteiger charge is 2.28. The summed E-state index contributed by atoms with van der Waals surface area (Å²) in [6.07, 6.45) is -1.04. The summed E-state index contributed by atoms with van der Waals surface area (Å²) in [4.78, 5) is 36.1. The number of esters is 1. The fraction of sp³-hybridized carbons (Fsp3) is 0.812. The fourth-order valence-electron chi connectivity index (χ4n) is 1.64. The molecule has 0 rings (SSSR count). The van der Waals surface area contributed by atoms with Gasteiger partial charge in [-0.2, -0.15) is 0 Å². The van der Waals surface area contributed by atoms with Crippen molar-refractivity contribution in [3.63, 3.8) is 0 Å². The van der Waals surface area contributed by atoms with Gasteiger partial charge in [-0.1, -0.05) is 0 Å². The van der Waals surface area contributed by atoms with E-state index >= 15 is 0 Å². The predicted octanol–water partition coefficient (Wildman–Crippen LogP) is 0.947. The lowest BCUT2D eigenvalue weighted by Crippen LogP contribution is -2.50. The van der Waals surface area contributed by atoms with E-state index in [9.17, 15) is 14.4 Å². The lowest BCUT2D eigenvalue weighted by molar-refractivity contribution is -0.156. The highest BCUT2D eigenvalue weighted by atomic mass is 16.6. The van der Waals surface area contributed by atoms with Gasteiger partial charge in [-0.3, -0.25) is 9.59 Å². The van der Waals surface area contributed by atoms with Gasteiger partial charge in [-0.25, -0.2) is 4.79 Å². The van der Waals surface area contributed by atoms with Gasteiger partial charge in [0.05, 0.1) is 6.42 Å². The Morgan fingerprint density at radius 3 is 1.92 bits per heavy atom. The lowest BCUT2D eigenvalue weighted by atomic mass is 10.1. The van der Waals surface area contributed by atoms with E-state index in [4.69, 9.17) is 9.47 Å². The molecule has 2 amide bonds. The molecule has 0 aromatic carbocycles. The Kier molecular flexibility index (Phi) is 8.74. The number of carbonyl (C=O) groups excluding carboxylic acids is 3. The SMILES string of the molecule is CNCCNC(=O)C(CC(=O)OC(C)(C)C)NC(=O)OC(C)(C)C. The number of hydrogen-bond acceptors (Lipinski definition) is 6. The molecule has 0 aliphatic carbocycles. The number of alkyl carbamates (subject to hydrolysis) is 1. The van der Waals surface area contributed by atoms with E-state index in [0.717, 1.165) is 0 Å². The third-order valence-corrected chi connectivity index (χ3v) is 2.47. The van der Waals surface area contributed by atoms with Gasteiger partial charge in [0.1, 0.15) is 17.2 Å². The van der Waals surface area contributed by atoms with Crippen LogP contribution >= 0.6 is 0 Å². The van der Waals surface area contributed by atoms with Crippen molar-refractivity contribution in [1.29, 1.82) is 0 Å². The molecule has 0 saturated heterocycles. The summed E-state index contributed by atoms with van der Waals surface area (Å²) >= 11 is 0. The van der Waals surface area contributed by atoms with Gasteiger partial charge in [0.2, 0.25) is 5.91 Å². The van der Waals surface area contributed by atoms with Crippen molar-refractivity contribution >= 4 is 18.0 Å². The monoisotopic (exact) mass is 345 g/mol. The molecule has 1 atom stereocenters. The third-order valence-electron chi connectivity index (χ3n) is 2.47. The normalized spacial score (nSPS) is 13.0. The van der Waals surface area contributed by atoms with Crippen LogP contribution in [0.5, 0.6) is 0 Å². The van der Waals surface area contributed by atoms with Crippen molar-refractivity contribution in [1.82, 2.24) is 16.0 Å². The van der Waals surface area contributed by atoms with Gasteiger partial charge >= 0.3 is 12.1 Å². The Balaban J connectivity index is 4.85. The Hall–Kier alpha value is -1.83. The van der Waals surface area contributed by atoms with Crippen LogP contribution in [0.25, 0.3) is 0 Å². The second kappa shape index (κ2) is 9.46. The minimum Gasteiger partial charge on any atom is -0.460 e. The first kappa shape index (κ1) is 22.2. The maximum absolute atomic E-state index is 12.2. The Morgan fingerprint density at radius 2 is 1.46 bits per heavy atom. The maximum Gasteiger partial charge on any atom is 0.408 e. The zero-order valence-corrected chi connectivity index (χ0v) is 15.7. The highest BCUT2D eigenvalue weighted by Crippen LogP contribution is 2.11. The zero-order valence-electron chi connectivity index (χ0n) is 15.7. The molecule has 24 heavy (non-hydrogen) atoms. The topological polar surface area (TPSA) is 106 Å². The van der Waals surface area contributed by atoms with E-state index < -0.39 is 35.2 Å². The van der Waals surface area contributed by atoms with Gasteiger partial charge in [-0.05, 0) is 48.6 Å². The zero-order chi connectivity index (χ0) is 19.0. The summed E-state index contributed by atoms with van der Waals surface area (Å²) < 4.78 is 10.3. The van der Waals surface area contributed by atoms with Crippen molar-refractivity contribution in [2.75, 3.05) is 20.1 Å². The predicted molar refractivity (Wildman–Crippen MR) is 90.6 cm³/mol. The molecule has 3 N–H and O–H groups in total. The first-order valence-electron chi connectivity index (χ1n) is 7.98. The van der Waals surface area contributed by atoms with Crippen LogP contribution in [-0.2, 0) is 19.1 Å². The van der Waals surface area contributed by atoms with Crippen LogP contribution in [0.4, 0.5) is 4.79 Å². The van der Waals surface area contributed by atoms with Crippen LogP contribution in [-0.4, -0.2) is 55.4 Å². The molecular formula is C16H31N3O5. The fourth-order valence-corrected chi connectivity index (χ4v) is 1.64. The molecule has 0 heterocycles. The summed E-state index contributed by atoms with van der Waals surface area (Å²) in [7, 11) is 1.75. The van der Waals surface area contributed by atoms with Crippen LogP contribution in [0, 0.1) is 0 Å². The molecule has 0 radical (unpaired) electrons. The largest absolute Gasteiger partial charge is 0.460 e. The number of hydrogen-bond donors (Lipinski definition) is 3. The van der Waals surface area contributed by atoms with Crippen LogP contribution in [0.2, 0.25) is 0 Å². The summed E-state index contributed by atoms with van der Waals surface area (Å²) in [6, 6.07) is -1.06. The van der Waals surface area contributed by atoms with Gasteiger partial charge < -0.3 is 25.4 Å². The second-order valence-corrected chi connectivity index (χ2v) is 7.38. The molecule has 0 bridgehead atoms.